The van der Waals surface area contributed by atoms with Crippen molar-refractivity contribution in [1.29, 1.82) is 0 Å². The van der Waals surface area contributed by atoms with E-state index in [4.69, 9.17) is 0 Å². The molecular weight excluding hydrogens is 336 g/mol. The number of hydrogen-bond donors (Lipinski definition) is 2. The van der Waals surface area contributed by atoms with Crippen LogP contribution in [0.15, 0.2) is 29.2 Å². The summed E-state index contributed by atoms with van der Waals surface area (Å²) in [5.74, 6) is 0.106. The molecule has 0 bridgehead atoms. The van der Waals surface area contributed by atoms with Crippen LogP contribution < -0.4 is 10.6 Å². The smallest absolute Gasteiger partial charge is 0.321 e. The fraction of sp³-hybridized carbons (Fsp3) is 0.556. The number of nitrogens with zero attached hydrogens (tertiary/aromatic N) is 2. The zero-order valence-electron chi connectivity index (χ0n) is 14.8. The van der Waals surface area contributed by atoms with Crippen molar-refractivity contribution in [1.82, 2.24) is 15.1 Å². The minimum absolute atomic E-state index is 0.0772. The second-order valence-electron chi connectivity index (χ2n) is 6.64. The lowest BCUT2D eigenvalue weighted by molar-refractivity contribution is -0.126. The van der Waals surface area contributed by atoms with E-state index in [0.29, 0.717) is 19.1 Å². The van der Waals surface area contributed by atoms with E-state index < -0.39 is 0 Å². The van der Waals surface area contributed by atoms with Gasteiger partial charge in [-0.3, -0.25) is 9.69 Å². The average molecular weight is 362 g/mol. The molecule has 0 aromatic heterocycles. The molecule has 1 saturated carbocycles. The molecule has 6 nitrogen and oxygen atoms in total. The minimum Gasteiger partial charge on any atom is -0.352 e. The molecule has 1 saturated heterocycles. The minimum atomic E-state index is -0.134. The molecular formula is C18H26N4O2S. The van der Waals surface area contributed by atoms with Crippen molar-refractivity contribution in [3.63, 3.8) is 0 Å². The molecule has 2 aliphatic rings. The molecule has 136 valence electrons. The molecule has 1 heterocycles. The largest absolute Gasteiger partial charge is 0.352 e. The van der Waals surface area contributed by atoms with E-state index >= 15 is 0 Å². The molecule has 3 amide bonds. The Morgan fingerprint density at radius 1 is 1.12 bits per heavy atom. The van der Waals surface area contributed by atoms with Crippen molar-refractivity contribution < 1.29 is 9.59 Å². The third kappa shape index (κ3) is 4.89. The number of hydrogen-bond acceptors (Lipinski definition) is 4. The first-order valence-electron chi connectivity index (χ1n) is 8.81. The zero-order valence-corrected chi connectivity index (χ0v) is 15.6. The van der Waals surface area contributed by atoms with Crippen molar-refractivity contribution in [3.05, 3.63) is 24.3 Å². The number of thioether (sulfide) groups is 1. The number of rotatable bonds is 5. The van der Waals surface area contributed by atoms with Crippen LogP contribution in [-0.2, 0) is 4.79 Å². The van der Waals surface area contributed by atoms with Crippen LogP contribution in [-0.4, -0.2) is 66.3 Å². The van der Waals surface area contributed by atoms with Crippen LogP contribution in [0.3, 0.4) is 0 Å². The van der Waals surface area contributed by atoms with Gasteiger partial charge in [-0.15, -0.1) is 11.8 Å². The molecule has 1 aromatic carbocycles. The predicted molar refractivity (Wildman–Crippen MR) is 101 cm³/mol. The first-order valence-corrected chi connectivity index (χ1v) is 10.0. The SMILES string of the molecule is CSc1ccc(NC(=O)N2CCN(C(C)C(=O)NC3CC3)CC2)cc1. The summed E-state index contributed by atoms with van der Waals surface area (Å²) in [6, 6.07) is 8.02. The molecule has 7 heteroatoms. The van der Waals surface area contributed by atoms with Gasteiger partial charge < -0.3 is 15.5 Å². The Hall–Kier alpha value is -1.73. The van der Waals surface area contributed by atoms with Crippen LogP contribution in [0.1, 0.15) is 19.8 Å². The number of anilines is 1. The van der Waals surface area contributed by atoms with Gasteiger partial charge >= 0.3 is 6.03 Å². The summed E-state index contributed by atoms with van der Waals surface area (Å²) in [6.07, 6.45) is 4.23. The van der Waals surface area contributed by atoms with Gasteiger partial charge in [0.05, 0.1) is 6.04 Å². The summed E-state index contributed by atoms with van der Waals surface area (Å²) in [6.45, 7) is 4.66. The number of carbonyl (C=O) groups excluding carboxylic acids is 2. The average Bonchev–Trinajstić information content (AvgIpc) is 3.45. The predicted octanol–water partition coefficient (Wildman–Crippen LogP) is 2.23. The fourth-order valence-electron chi connectivity index (χ4n) is 2.90. The highest BCUT2D eigenvalue weighted by Crippen LogP contribution is 2.20. The summed E-state index contributed by atoms with van der Waals surface area (Å²) in [5, 5.41) is 6.00. The van der Waals surface area contributed by atoms with Crippen LogP contribution in [0.4, 0.5) is 10.5 Å². The molecule has 2 N–H and O–H groups in total. The summed E-state index contributed by atoms with van der Waals surface area (Å²) in [5.41, 5.74) is 0.808. The normalized spacial score (nSPS) is 19.4. The van der Waals surface area contributed by atoms with E-state index in [0.717, 1.165) is 31.6 Å². The monoisotopic (exact) mass is 362 g/mol. The maximum absolute atomic E-state index is 12.4. The quantitative estimate of drug-likeness (QED) is 0.789. The van der Waals surface area contributed by atoms with Gasteiger partial charge in [0.25, 0.3) is 0 Å². The number of amides is 3. The first kappa shape index (κ1) is 18.1. The molecule has 3 rings (SSSR count). The Kier molecular flexibility index (Phi) is 5.86. The van der Waals surface area contributed by atoms with Gasteiger partial charge in [0.15, 0.2) is 0 Å². The summed E-state index contributed by atoms with van der Waals surface area (Å²) < 4.78 is 0. The molecule has 1 aliphatic heterocycles. The zero-order chi connectivity index (χ0) is 17.8. The summed E-state index contributed by atoms with van der Waals surface area (Å²) in [4.78, 5) is 29.7. The van der Waals surface area contributed by atoms with Crippen molar-refractivity contribution >= 4 is 29.4 Å². The van der Waals surface area contributed by atoms with Gasteiger partial charge in [0, 0.05) is 42.8 Å². The van der Waals surface area contributed by atoms with E-state index in [2.05, 4.69) is 15.5 Å². The third-order valence-corrected chi connectivity index (χ3v) is 5.54. The van der Waals surface area contributed by atoms with Crippen LogP contribution >= 0.6 is 11.8 Å². The molecule has 0 spiro atoms. The number of piperazine rings is 1. The molecule has 0 radical (unpaired) electrons. The molecule has 2 fully saturated rings. The Morgan fingerprint density at radius 2 is 1.76 bits per heavy atom. The summed E-state index contributed by atoms with van der Waals surface area (Å²) in [7, 11) is 0. The highest BCUT2D eigenvalue weighted by molar-refractivity contribution is 7.98. The van der Waals surface area contributed by atoms with Crippen LogP contribution in [0, 0.1) is 0 Å². The first-order chi connectivity index (χ1) is 12.1. The molecule has 1 aromatic rings. The molecule has 1 aliphatic carbocycles. The van der Waals surface area contributed by atoms with E-state index in [9.17, 15) is 9.59 Å². The molecule has 25 heavy (non-hydrogen) atoms. The highest BCUT2D eigenvalue weighted by Gasteiger charge is 2.30. The molecule has 1 unspecified atom stereocenters. The Balaban J connectivity index is 1.45. The van der Waals surface area contributed by atoms with Gasteiger partial charge in [-0.2, -0.15) is 0 Å². The van der Waals surface area contributed by atoms with E-state index in [1.54, 1.807) is 11.8 Å². The maximum atomic E-state index is 12.4. The van der Waals surface area contributed by atoms with Crippen molar-refractivity contribution in [2.45, 2.75) is 36.7 Å². The molecule has 1 atom stereocenters. The van der Waals surface area contributed by atoms with E-state index in [-0.39, 0.29) is 18.0 Å². The second kappa shape index (κ2) is 8.10. The van der Waals surface area contributed by atoms with Crippen LogP contribution in [0.5, 0.6) is 0 Å². The number of carbonyl (C=O) groups is 2. The Morgan fingerprint density at radius 3 is 2.32 bits per heavy atom. The van der Waals surface area contributed by atoms with Gasteiger partial charge in [-0.05, 0) is 50.3 Å². The Labute approximate surface area is 153 Å². The third-order valence-electron chi connectivity index (χ3n) is 4.79. The number of urea groups is 1. The van der Waals surface area contributed by atoms with E-state index in [1.807, 2.05) is 42.3 Å². The highest BCUT2D eigenvalue weighted by atomic mass is 32.2. The Bertz CT molecular complexity index is 610. The lowest BCUT2D eigenvalue weighted by Crippen LogP contribution is -2.55. The van der Waals surface area contributed by atoms with Gasteiger partial charge in [0.1, 0.15) is 0 Å². The number of nitrogens with one attached hydrogen (secondary N) is 2. The maximum Gasteiger partial charge on any atom is 0.321 e. The van der Waals surface area contributed by atoms with Crippen LogP contribution in [0.2, 0.25) is 0 Å². The fourth-order valence-corrected chi connectivity index (χ4v) is 3.31. The van der Waals surface area contributed by atoms with Gasteiger partial charge in [-0.25, -0.2) is 4.79 Å². The van der Waals surface area contributed by atoms with Crippen LogP contribution in [0.25, 0.3) is 0 Å². The van der Waals surface area contributed by atoms with Crippen molar-refractivity contribution in [2.24, 2.45) is 0 Å². The summed E-state index contributed by atoms with van der Waals surface area (Å²) >= 11 is 1.68. The topological polar surface area (TPSA) is 64.7 Å². The standard InChI is InChI=1S/C18H26N4O2S/c1-13(17(23)19-14-3-4-14)21-9-11-22(12-10-21)18(24)20-15-5-7-16(25-2)8-6-15/h5-8,13-14H,3-4,9-12H2,1-2H3,(H,19,23)(H,20,24). The van der Waals surface area contributed by atoms with Gasteiger partial charge in [-0.1, -0.05) is 0 Å². The second-order valence-corrected chi connectivity index (χ2v) is 7.52. The lowest BCUT2D eigenvalue weighted by Gasteiger charge is -2.37. The number of benzene rings is 1. The van der Waals surface area contributed by atoms with Crippen molar-refractivity contribution in [2.75, 3.05) is 37.8 Å². The van der Waals surface area contributed by atoms with E-state index in [1.165, 1.54) is 4.90 Å². The van der Waals surface area contributed by atoms with Gasteiger partial charge in [0.2, 0.25) is 5.91 Å². The lowest BCUT2D eigenvalue weighted by atomic mass is 10.2. The van der Waals surface area contributed by atoms with Crippen molar-refractivity contribution in [3.8, 4) is 0 Å².